The van der Waals surface area contributed by atoms with Crippen LogP contribution in [-0.4, -0.2) is 21.5 Å². The fraction of sp³-hybridized carbons (Fsp3) is 0.0357. The topological polar surface area (TPSA) is 29.9 Å². The molecule has 0 aliphatic rings. The molecule has 5 rings (SSSR count). The van der Waals surface area contributed by atoms with E-state index in [9.17, 15) is 4.39 Å². The Balaban J connectivity index is 1.41. The predicted octanol–water partition coefficient (Wildman–Crippen LogP) is 7.19. The molecule has 5 heteroatoms. The van der Waals surface area contributed by atoms with Crippen LogP contribution in [0.3, 0.4) is 0 Å². The zero-order valence-electron chi connectivity index (χ0n) is 18.3. The van der Waals surface area contributed by atoms with Gasteiger partial charge in [0.2, 0.25) is 0 Å². The maximum atomic E-state index is 13.7. The average molecular weight is 454 g/mol. The van der Waals surface area contributed by atoms with Gasteiger partial charge in [-0.25, -0.2) is 9.07 Å². The van der Waals surface area contributed by atoms with Crippen molar-refractivity contribution in [3.8, 4) is 16.8 Å². The summed E-state index contributed by atoms with van der Waals surface area (Å²) in [6.45, 7) is 1.76. The van der Waals surface area contributed by atoms with Crippen molar-refractivity contribution in [2.45, 2.75) is 11.8 Å². The summed E-state index contributed by atoms with van der Waals surface area (Å²) in [7, 11) is -1.63. The van der Waals surface area contributed by atoms with E-state index in [4.69, 9.17) is 0 Å². The van der Waals surface area contributed by atoms with E-state index in [2.05, 4.69) is 76.2 Å². The Kier molecular flexibility index (Phi) is 5.27. The molecule has 1 N–H and O–H groups in total. The van der Waals surface area contributed by atoms with Crippen LogP contribution < -0.4 is 4.72 Å². The van der Waals surface area contributed by atoms with Crippen molar-refractivity contribution in [3.05, 3.63) is 109 Å². The number of aryl methyl sites for hydroxylation is 1. The highest BCUT2D eigenvalue weighted by atomic mass is 32.2. The van der Waals surface area contributed by atoms with Gasteiger partial charge in [0.05, 0.1) is 17.4 Å². The lowest BCUT2D eigenvalue weighted by atomic mass is 10.0. The Hall–Kier alpha value is -3.83. The lowest BCUT2D eigenvalue weighted by Crippen LogP contribution is -1.97. The van der Waals surface area contributed by atoms with Crippen LogP contribution >= 0.6 is 9.39 Å². The first-order valence-electron chi connectivity index (χ1n) is 10.6. The normalized spacial score (nSPS) is 11.6. The van der Waals surface area contributed by atoms with Crippen molar-refractivity contribution in [3.63, 3.8) is 0 Å². The van der Waals surface area contributed by atoms with Crippen molar-refractivity contribution >= 4 is 37.7 Å². The Morgan fingerprint density at radius 1 is 0.848 bits per heavy atom. The second-order valence-electron chi connectivity index (χ2n) is 8.14. The van der Waals surface area contributed by atoms with Crippen LogP contribution in [-0.2, 0) is 0 Å². The Morgan fingerprint density at radius 2 is 1.58 bits per heavy atom. The molecule has 33 heavy (non-hydrogen) atoms. The van der Waals surface area contributed by atoms with Crippen LogP contribution in [0.25, 0.3) is 27.7 Å². The number of rotatable bonds is 5. The minimum absolute atomic E-state index is 0.212. The van der Waals surface area contributed by atoms with Gasteiger partial charge in [-0.3, -0.25) is 0 Å². The molecule has 0 fully saturated rings. The summed E-state index contributed by atoms with van der Waals surface area (Å²) in [6, 6.07) is 29.7. The van der Waals surface area contributed by atoms with Gasteiger partial charge in [0.1, 0.15) is 5.82 Å². The molecule has 0 radical (unpaired) electrons. The number of halogens is 1. The smallest absolute Gasteiger partial charge is 0.126 e. The number of benzene rings is 4. The fourth-order valence-corrected chi connectivity index (χ4v) is 5.26. The third-order valence-electron chi connectivity index (χ3n) is 5.68. The molecular weight excluding hydrogens is 429 g/mol. The van der Waals surface area contributed by atoms with E-state index in [1.807, 2.05) is 35.1 Å². The van der Waals surface area contributed by atoms with Gasteiger partial charge < -0.3 is 4.72 Å². The van der Waals surface area contributed by atoms with Gasteiger partial charge in [-0.05, 0) is 78.2 Å². The summed E-state index contributed by atoms with van der Waals surface area (Å²) < 4.78 is 19.0. The van der Waals surface area contributed by atoms with Crippen LogP contribution in [0.15, 0.2) is 102 Å². The predicted molar refractivity (Wildman–Crippen MR) is 141 cm³/mol. The first kappa shape index (κ1) is 21.0. The lowest BCUT2D eigenvalue weighted by molar-refractivity contribution is 0.617. The molecule has 5 aromatic rings. The maximum Gasteiger partial charge on any atom is 0.126 e. The molecule has 0 spiro atoms. The highest BCUT2D eigenvalue weighted by Gasteiger charge is 2.09. The van der Waals surface area contributed by atoms with E-state index in [1.165, 1.54) is 6.07 Å². The van der Waals surface area contributed by atoms with E-state index in [0.717, 1.165) is 38.3 Å². The Bertz CT molecular complexity index is 1550. The van der Waals surface area contributed by atoms with E-state index in [0.29, 0.717) is 5.56 Å². The maximum absolute atomic E-state index is 13.7. The van der Waals surface area contributed by atoms with Crippen molar-refractivity contribution in [1.82, 2.24) is 9.78 Å². The number of nitrogens with zero attached hydrogens (tertiary/aromatic N) is 2. The quantitative estimate of drug-likeness (QED) is 0.285. The zero-order valence-corrected chi connectivity index (χ0v) is 19.1. The molecule has 0 aliphatic carbocycles. The number of fused-ring (bicyclic) bond motifs is 1. The standard InChI is InChI=1S/C28H24FN3S/c1-20-17-25(14-15-27(20)29)32-28-16-11-22(18-23(28)19-30-32)21-9-12-24(13-10-21)31-33(2,3)26-7-5-4-6-8-26/h4-19,31H,2-3H2,1H3. The summed E-state index contributed by atoms with van der Waals surface area (Å²) in [5.41, 5.74) is 5.63. The molecule has 0 amide bonds. The second-order valence-corrected chi connectivity index (χ2v) is 10.6. The van der Waals surface area contributed by atoms with E-state index >= 15 is 0 Å². The molecule has 0 unspecified atom stereocenters. The molecular formula is C28H24FN3S. The molecule has 164 valence electrons. The summed E-state index contributed by atoms with van der Waals surface area (Å²) in [5, 5.41) is 5.55. The minimum Gasteiger partial charge on any atom is -0.338 e. The van der Waals surface area contributed by atoms with Crippen LogP contribution in [0.4, 0.5) is 10.1 Å². The Labute approximate surface area is 193 Å². The highest BCUT2D eigenvalue weighted by molar-refractivity contribution is 8.28. The van der Waals surface area contributed by atoms with Gasteiger partial charge >= 0.3 is 0 Å². The van der Waals surface area contributed by atoms with Gasteiger partial charge in [-0.1, -0.05) is 48.1 Å². The summed E-state index contributed by atoms with van der Waals surface area (Å²) in [5.74, 6) is 8.43. The fourth-order valence-electron chi connectivity index (χ4n) is 3.88. The number of hydrogen-bond donors (Lipinski definition) is 1. The molecule has 1 heterocycles. The third-order valence-corrected chi connectivity index (χ3v) is 7.48. The molecule has 0 aliphatic heterocycles. The van der Waals surface area contributed by atoms with Crippen molar-refractivity contribution in [1.29, 1.82) is 0 Å². The summed E-state index contributed by atoms with van der Waals surface area (Å²) in [4.78, 5) is 1.10. The van der Waals surface area contributed by atoms with Crippen LogP contribution in [0.5, 0.6) is 0 Å². The third kappa shape index (κ3) is 4.15. The van der Waals surface area contributed by atoms with E-state index in [-0.39, 0.29) is 5.82 Å². The minimum atomic E-state index is -1.63. The first-order valence-corrected chi connectivity index (χ1v) is 12.5. The number of hydrogen-bond acceptors (Lipinski definition) is 2. The number of anilines is 1. The van der Waals surface area contributed by atoms with E-state index in [1.54, 1.807) is 13.0 Å². The van der Waals surface area contributed by atoms with Crippen LogP contribution in [0.1, 0.15) is 5.56 Å². The summed E-state index contributed by atoms with van der Waals surface area (Å²) in [6.07, 6.45) is 1.84. The Morgan fingerprint density at radius 3 is 2.30 bits per heavy atom. The molecule has 3 nitrogen and oxygen atoms in total. The monoisotopic (exact) mass is 453 g/mol. The van der Waals surface area contributed by atoms with Crippen LogP contribution in [0, 0.1) is 12.7 Å². The molecule has 0 saturated heterocycles. The SMILES string of the molecule is C=S(=C)(Nc1ccc(-c2ccc3c(cnn3-c3ccc(F)c(C)c3)c2)cc1)c1ccccc1. The van der Waals surface area contributed by atoms with Crippen molar-refractivity contribution < 1.29 is 4.39 Å². The van der Waals surface area contributed by atoms with Gasteiger partial charge in [0.15, 0.2) is 0 Å². The average Bonchev–Trinajstić information content (AvgIpc) is 3.25. The van der Waals surface area contributed by atoms with Crippen LogP contribution in [0.2, 0.25) is 0 Å². The molecule has 0 bridgehead atoms. The molecule has 0 saturated carbocycles. The highest BCUT2D eigenvalue weighted by Crippen LogP contribution is 2.34. The van der Waals surface area contributed by atoms with Crippen molar-refractivity contribution in [2.75, 3.05) is 4.72 Å². The van der Waals surface area contributed by atoms with Crippen molar-refractivity contribution in [2.24, 2.45) is 0 Å². The van der Waals surface area contributed by atoms with E-state index < -0.39 is 9.39 Å². The summed E-state index contributed by atoms with van der Waals surface area (Å²) >= 11 is 0. The first-order chi connectivity index (χ1) is 15.9. The second kappa shape index (κ2) is 8.26. The molecule has 4 aromatic carbocycles. The van der Waals surface area contributed by atoms with Gasteiger partial charge in [0, 0.05) is 16.0 Å². The van der Waals surface area contributed by atoms with Gasteiger partial charge in [-0.15, -0.1) is 9.39 Å². The van der Waals surface area contributed by atoms with Gasteiger partial charge in [0.25, 0.3) is 0 Å². The number of aromatic nitrogens is 2. The number of nitrogens with one attached hydrogen (secondary N) is 1. The lowest BCUT2D eigenvalue weighted by Gasteiger charge is -2.18. The molecule has 0 atom stereocenters. The largest absolute Gasteiger partial charge is 0.338 e. The van der Waals surface area contributed by atoms with Gasteiger partial charge in [-0.2, -0.15) is 5.10 Å². The zero-order chi connectivity index (χ0) is 23.0. The molecule has 1 aromatic heterocycles.